The summed E-state index contributed by atoms with van der Waals surface area (Å²) in [6.07, 6.45) is 6.12. The van der Waals surface area contributed by atoms with E-state index in [0.29, 0.717) is 5.92 Å². The number of rotatable bonds is 1. The van der Waals surface area contributed by atoms with Crippen molar-refractivity contribution in [2.45, 2.75) is 19.8 Å². The van der Waals surface area contributed by atoms with Gasteiger partial charge in [-0.25, -0.2) is 0 Å². The SMILES string of the molecule is CC(C)c1[c-]nccn1.[Y]. The summed E-state index contributed by atoms with van der Waals surface area (Å²) in [5.74, 6) is 0.429. The Morgan fingerprint density at radius 3 is 2.40 bits per heavy atom. The first-order chi connectivity index (χ1) is 4.30. The molecule has 0 aliphatic rings. The molecule has 1 rings (SSSR count). The second-order valence-corrected chi connectivity index (χ2v) is 2.21. The molecule has 3 heteroatoms. The predicted molar refractivity (Wildman–Crippen MR) is 35.0 cm³/mol. The molecule has 0 fully saturated rings. The minimum Gasteiger partial charge on any atom is -0.456 e. The van der Waals surface area contributed by atoms with Crippen LogP contribution in [0, 0.1) is 6.20 Å². The van der Waals surface area contributed by atoms with E-state index in [4.69, 9.17) is 0 Å². The summed E-state index contributed by atoms with van der Waals surface area (Å²) in [6, 6.07) is 0. The first kappa shape index (κ1) is 10.2. The van der Waals surface area contributed by atoms with Crippen molar-refractivity contribution in [3.8, 4) is 0 Å². The summed E-state index contributed by atoms with van der Waals surface area (Å²) in [6.45, 7) is 4.14. The average molecular weight is 210 g/mol. The van der Waals surface area contributed by atoms with Crippen LogP contribution in [0.4, 0.5) is 0 Å². The van der Waals surface area contributed by atoms with Crippen molar-refractivity contribution in [1.29, 1.82) is 0 Å². The second-order valence-electron chi connectivity index (χ2n) is 2.21. The Balaban J connectivity index is 0.000000810. The van der Waals surface area contributed by atoms with E-state index in [-0.39, 0.29) is 32.7 Å². The van der Waals surface area contributed by atoms with Crippen LogP contribution in [0.25, 0.3) is 0 Å². The zero-order valence-corrected chi connectivity index (χ0v) is 9.04. The van der Waals surface area contributed by atoms with E-state index < -0.39 is 0 Å². The van der Waals surface area contributed by atoms with E-state index in [0.717, 1.165) is 5.69 Å². The number of hydrogen-bond donors (Lipinski definition) is 0. The summed E-state index contributed by atoms with van der Waals surface area (Å²) in [7, 11) is 0. The van der Waals surface area contributed by atoms with Gasteiger partial charge >= 0.3 is 0 Å². The first-order valence-electron chi connectivity index (χ1n) is 2.99. The molecule has 0 aromatic carbocycles. The third-order valence-electron chi connectivity index (χ3n) is 1.08. The van der Waals surface area contributed by atoms with Crippen LogP contribution >= 0.6 is 0 Å². The summed E-state index contributed by atoms with van der Waals surface area (Å²) in [4.78, 5) is 7.88. The molecule has 0 aliphatic heterocycles. The Morgan fingerprint density at radius 1 is 1.40 bits per heavy atom. The topological polar surface area (TPSA) is 25.8 Å². The van der Waals surface area contributed by atoms with Crippen LogP contribution in [0.3, 0.4) is 0 Å². The van der Waals surface area contributed by atoms with Crippen LogP contribution in [0.2, 0.25) is 0 Å². The van der Waals surface area contributed by atoms with Gasteiger partial charge in [-0.3, -0.25) is 4.98 Å². The zero-order valence-electron chi connectivity index (χ0n) is 6.20. The van der Waals surface area contributed by atoms with Crippen molar-refractivity contribution in [1.82, 2.24) is 9.97 Å². The van der Waals surface area contributed by atoms with Gasteiger partial charge in [0.2, 0.25) is 0 Å². The molecule has 1 aromatic heterocycles. The van der Waals surface area contributed by atoms with Gasteiger partial charge in [0.15, 0.2) is 0 Å². The van der Waals surface area contributed by atoms with Crippen molar-refractivity contribution in [3.63, 3.8) is 0 Å². The van der Waals surface area contributed by atoms with E-state index in [2.05, 4.69) is 30.0 Å². The monoisotopic (exact) mass is 210 g/mol. The van der Waals surface area contributed by atoms with E-state index in [9.17, 15) is 0 Å². The summed E-state index contributed by atoms with van der Waals surface area (Å²) < 4.78 is 0. The van der Waals surface area contributed by atoms with Gasteiger partial charge in [-0.2, -0.15) is 0 Å². The van der Waals surface area contributed by atoms with Crippen LogP contribution in [-0.2, 0) is 32.7 Å². The molecule has 2 nitrogen and oxygen atoms in total. The predicted octanol–water partition coefficient (Wildman–Crippen LogP) is 1.40. The molecule has 0 bridgehead atoms. The van der Waals surface area contributed by atoms with Crippen LogP contribution in [0.1, 0.15) is 25.5 Å². The first-order valence-corrected chi connectivity index (χ1v) is 2.99. The Labute approximate surface area is 86.3 Å². The Morgan fingerprint density at radius 2 is 2.10 bits per heavy atom. The van der Waals surface area contributed by atoms with Crippen molar-refractivity contribution in [3.05, 3.63) is 24.3 Å². The zero-order chi connectivity index (χ0) is 6.69. The second kappa shape index (κ2) is 4.92. The average Bonchev–Trinajstić information content (AvgIpc) is 1.90. The minimum atomic E-state index is 0. The maximum atomic E-state index is 4.06. The molecule has 0 saturated heterocycles. The largest absolute Gasteiger partial charge is 0.456 e. The van der Waals surface area contributed by atoms with Gasteiger partial charge in [-0.05, 0) is 17.8 Å². The van der Waals surface area contributed by atoms with Crippen LogP contribution in [-0.4, -0.2) is 9.97 Å². The normalized spacial score (nSPS) is 9.10. The molecular weight excluding hydrogens is 201 g/mol. The Bertz CT molecular complexity index is 174. The van der Waals surface area contributed by atoms with Gasteiger partial charge in [-0.15, -0.1) is 12.4 Å². The number of aromatic nitrogens is 2. The van der Waals surface area contributed by atoms with E-state index in [1.807, 2.05) is 0 Å². The summed E-state index contributed by atoms with van der Waals surface area (Å²) in [5.41, 5.74) is 0.928. The summed E-state index contributed by atoms with van der Waals surface area (Å²) >= 11 is 0. The van der Waals surface area contributed by atoms with Gasteiger partial charge in [0.25, 0.3) is 0 Å². The van der Waals surface area contributed by atoms with Crippen molar-refractivity contribution in [2.75, 3.05) is 0 Å². The Hall–Kier alpha value is 0.184. The Kier molecular flexibility index (Phi) is 5.01. The number of hydrogen-bond acceptors (Lipinski definition) is 2. The van der Waals surface area contributed by atoms with Crippen molar-refractivity contribution < 1.29 is 32.7 Å². The molecule has 0 amide bonds. The maximum Gasteiger partial charge on any atom is 0 e. The van der Waals surface area contributed by atoms with Gasteiger partial charge in [0.05, 0.1) is 0 Å². The van der Waals surface area contributed by atoms with E-state index in [1.54, 1.807) is 12.4 Å². The molecule has 0 atom stereocenters. The molecule has 1 radical (unpaired) electrons. The molecule has 1 aromatic rings. The van der Waals surface area contributed by atoms with Gasteiger partial charge in [0.1, 0.15) is 0 Å². The minimum absolute atomic E-state index is 0. The van der Waals surface area contributed by atoms with Crippen LogP contribution < -0.4 is 0 Å². The van der Waals surface area contributed by atoms with E-state index in [1.165, 1.54) is 0 Å². The van der Waals surface area contributed by atoms with Crippen LogP contribution in [0.15, 0.2) is 12.4 Å². The fourth-order valence-electron chi connectivity index (χ4n) is 0.557. The van der Waals surface area contributed by atoms with Crippen molar-refractivity contribution >= 4 is 0 Å². The van der Waals surface area contributed by atoms with Gasteiger partial charge in [0, 0.05) is 32.7 Å². The van der Waals surface area contributed by atoms with Crippen molar-refractivity contribution in [2.24, 2.45) is 0 Å². The molecule has 0 N–H and O–H groups in total. The maximum absolute atomic E-state index is 4.06. The number of nitrogens with zero attached hydrogens (tertiary/aromatic N) is 2. The third kappa shape index (κ3) is 2.85. The fourth-order valence-corrected chi connectivity index (χ4v) is 0.557. The van der Waals surface area contributed by atoms with Crippen LogP contribution in [0.5, 0.6) is 0 Å². The molecule has 51 valence electrons. The third-order valence-corrected chi connectivity index (χ3v) is 1.08. The molecule has 0 unspecified atom stereocenters. The molecular formula is C7H9N2Y-. The van der Waals surface area contributed by atoms with E-state index >= 15 is 0 Å². The molecule has 0 spiro atoms. The molecule has 0 aliphatic carbocycles. The fraction of sp³-hybridized carbons (Fsp3) is 0.429. The quantitative estimate of drug-likeness (QED) is 0.654. The van der Waals surface area contributed by atoms with Gasteiger partial charge < -0.3 is 4.98 Å². The van der Waals surface area contributed by atoms with Gasteiger partial charge in [-0.1, -0.05) is 13.8 Å². The standard InChI is InChI=1S/C7H9N2.Y/c1-6(2)7-5-8-3-4-9-7;/h3-4,6H,1-2H3;/q-1;. The molecule has 1 heterocycles. The smallest absolute Gasteiger partial charge is 0 e. The summed E-state index contributed by atoms with van der Waals surface area (Å²) in [5, 5.41) is 0. The molecule has 10 heavy (non-hydrogen) atoms. The molecule has 0 saturated carbocycles.